The molecule has 1 fully saturated rings. The summed E-state index contributed by atoms with van der Waals surface area (Å²) in [6.45, 7) is 6.29. The van der Waals surface area contributed by atoms with Crippen LogP contribution < -0.4 is 10.9 Å². The lowest BCUT2D eigenvalue weighted by Crippen LogP contribution is -2.56. The predicted octanol–water partition coefficient (Wildman–Crippen LogP) is 5.40. The first-order chi connectivity index (χ1) is 16.4. The quantitative estimate of drug-likeness (QED) is 0.456. The second-order valence-corrected chi connectivity index (χ2v) is 9.75. The van der Waals surface area contributed by atoms with Crippen LogP contribution in [0.5, 0.6) is 0 Å². The Morgan fingerprint density at radius 2 is 1.67 bits per heavy atom. The molecular formula is C24H24F6N4O2. The molecule has 2 heterocycles. The summed E-state index contributed by atoms with van der Waals surface area (Å²) in [5.74, 6) is 0.493. The molecule has 0 atom stereocenters. The zero-order valence-electron chi connectivity index (χ0n) is 19.8. The molecule has 4 rings (SSSR count). The summed E-state index contributed by atoms with van der Waals surface area (Å²) in [6.07, 6.45) is -9.37. The lowest BCUT2D eigenvalue weighted by molar-refractivity contribution is -0.296. The Morgan fingerprint density at radius 1 is 1.06 bits per heavy atom. The summed E-state index contributed by atoms with van der Waals surface area (Å²) in [5.41, 5.74) is -4.65. The number of rotatable bonds is 4. The fourth-order valence-electron chi connectivity index (χ4n) is 4.75. The third kappa shape index (κ3) is 4.42. The molecule has 2 N–H and O–H groups in total. The Labute approximate surface area is 202 Å². The highest BCUT2D eigenvalue weighted by Crippen LogP contribution is 2.50. The second kappa shape index (κ2) is 8.19. The number of fused-ring (bicyclic) bond motifs is 1. The van der Waals surface area contributed by atoms with Crippen molar-refractivity contribution in [3.05, 3.63) is 63.3 Å². The maximum Gasteiger partial charge on any atom is 0.417 e. The number of halogens is 6. The summed E-state index contributed by atoms with van der Waals surface area (Å²) in [7, 11) is 0. The first kappa shape index (κ1) is 25.9. The van der Waals surface area contributed by atoms with Gasteiger partial charge in [0.1, 0.15) is 11.6 Å². The van der Waals surface area contributed by atoms with Crippen LogP contribution in [0.2, 0.25) is 0 Å². The highest BCUT2D eigenvalue weighted by Gasteiger charge is 2.61. The van der Waals surface area contributed by atoms with Crippen LogP contribution >= 0.6 is 0 Å². The average molecular weight is 514 g/mol. The van der Waals surface area contributed by atoms with E-state index >= 15 is 0 Å². The van der Waals surface area contributed by atoms with Crippen molar-refractivity contribution >= 4 is 16.7 Å². The third-order valence-electron chi connectivity index (χ3n) is 6.68. The van der Waals surface area contributed by atoms with Gasteiger partial charge in [-0.15, -0.1) is 0 Å². The van der Waals surface area contributed by atoms with E-state index in [-0.39, 0.29) is 22.7 Å². The summed E-state index contributed by atoms with van der Waals surface area (Å²) >= 11 is 0. The largest absolute Gasteiger partial charge is 0.417 e. The van der Waals surface area contributed by atoms with Gasteiger partial charge in [0.2, 0.25) is 0 Å². The van der Waals surface area contributed by atoms with Gasteiger partial charge in [-0.3, -0.25) is 4.79 Å². The van der Waals surface area contributed by atoms with E-state index in [2.05, 4.69) is 15.3 Å². The minimum absolute atomic E-state index is 0.0374. The van der Waals surface area contributed by atoms with E-state index in [0.717, 1.165) is 10.6 Å². The molecule has 1 aromatic carbocycles. The zero-order valence-corrected chi connectivity index (χ0v) is 19.8. The van der Waals surface area contributed by atoms with E-state index in [1.54, 1.807) is 26.8 Å². The summed E-state index contributed by atoms with van der Waals surface area (Å²) in [4.78, 5) is 21.2. The third-order valence-corrected chi connectivity index (χ3v) is 6.68. The molecule has 0 amide bonds. The molecule has 2 aromatic heterocycles. The molecule has 36 heavy (non-hydrogen) atoms. The minimum atomic E-state index is -4.82. The summed E-state index contributed by atoms with van der Waals surface area (Å²) < 4.78 is 80.8. The standard InChI is InChI=1S/C24H24F6N4O2/c1-12-16(6-5-7-17(12)23(25,26)27)21(3,4)33-20-15-11-34(14-9-22(36,10-14)24(28,29)30)19(35)8-18(15)31-13(2)32-20/h5-8,11,14,36H,9-10H2,1-4H3,(H,31,32,33)/t14-,22-. The zero-order chi connectivity index (χ0) is 26.8. The van der Waals surface area contributed by atoms with E-state index in [0.29, 0.717) is 10.9 Å². The van der Waals surface area contributed by atoms with Crippen molar-refractivity contribution in [1.29, 1.82) is 0 Å². The van der Waals surface area contributed by atoms with Crippen molar-refractivity contribution in [2.45, 2.75) is 70.1 Å². The fraction of sp³-hybridized carbons (Fsp3) is 0.458. The number of hydrogen-bond donors (Lipinski definition) is 2. The van der Waals surface area contributed by atoms with Crippen LogP contribution in [0.15, 0.2) is 35.3 Å². The van der Waals surface area contributed by atoms with Crippen molar-refractivity contribution in [2.24, 2.45) is 0 Å². The summed E-state index contributed by atoms with van der Waals surface area (Å²) in [5, 5.41) is 13.2. The lowest BCUT2D eigenvalue weighted by atomic mass is 9.75. The Bertz CT molecular complexity index is 1390. The Hall–Kier alpha value is -3.15. The molecule has 1 aliphatic rings. The van der Waals surface area contributed by atoms with Crippen LogP contribution in [0.4, 0.5) is 32.2 Å². The number of nitrogens with one attached hydrogen (secondary N) is 1. The number of nitrogens with zero attached hydrogens (tertiary/aromatic N) is 3. The van der Waals surface area contributed by atoms with Crippen LogP contribution in [-0.2, 0) is 11.7 Å². The van der Waals surface area contributed by atoms with Crippen LogP contribution in [-0.4, -0.2) is 31.4 Å². The normalized spacial score (nSPS) is 20.9. The lowest BCUT2D eigenvalue weighted by Gasteiger charge is -2.45. The molecule has 0 spiro atoms. The number of benzene rings is 1. The first-order valence-corrected chi connectivity index (χ1v) is 11.1. The van der Waals surface area contributed by atoms with Gasteiger partial charge in [0.25, 0.3) is 5.56 Å². The molecule has 12 heteroatoms. The van der Waals surface area contributed by atoms with Gasteiger partial charge in [0.15, 0.2) is 5.60 Å². The second-order valence-electron chi connectivity index (χ2n) is 9.75. The number of aromatic nitrogens is 3. The van der Waals surface area contributed by atoms with Crippen molar-refractivity contribution < 1.29 is 31.4 Å². The van der Waals surface area contributed by atoms with Gasteiger partial charge in [0.05, 0.1) is 22.0 Å². The highest BCUT2D eigenvalue weighted by atomic mass is 19.4. The summed E-state index contributed by atoms with van der Waals surface area (Å²) in [6, 6.07) is 4.16. The Kier molecular flexibility index (Phi) is 5.90. The van der Waals surface area contributed by atoms with Gasteiger partial charge in [-0.2, -0.15) is 26.3 Å². The number of hydrogen-bond acceptors (Lipinski definition) is 5. The molecule has 194 valence electrons. The smallest absolute Gasteiger partial charge is 0.380 e. The number of aliphatic hydroxyl groups is 1. The Balaban J connectivity index is 1.76. The van der Waals surface area contributed by atoms with Crippen LogP contribution in [0, 0.1) is 13.8 Å². The van der Waals surface area contributed by atoms with Crippen molar-refractivity contribution in [1.82, 2.24) is 14.5 Å². The van der Waals surface area contributed by atoms with Gasteiger partial charge < -0.3 is 15.0 Å². The van der Waals surface area contributed by atoms with E-state index in [1.807, 2.05) is 0 Å². The molecular weight excluding hydrogens is 490 g/mol. The molecule has 0 aliphatic heterocycles. The maximum absolute atomic E-state index is 13.5. The molecule has 1 saturated carbocycles. The number of aryl methyl sites for hydroxylation is 1. The fourth-order valence-corrected chi connectivity index (χ4v) is 4.75. The SMILES string of the molecule is Cc1nc(NC(C)(C)c2cccc(C(F)(F)F)c2C)c2cn([C@H]3C[C@@](O)(C(F)(F)F)C3)c(=O)cc2n1. The van der Waals surface area contributed by atoms with Crippen molar-refractivity contribution in [2.75, 3.05) is 5.32 Å². The van der Waals surface area contributed by atoms with Gasteiger partial charge >= 0.3 is 12.4 Å². The van der Waals surface area contributed by atoms with Gasteiger partial charge in [-0.1, -0.05) is 12.1 Å². The van der Waals surface area contributed by atoms with E-state index in [1.165, 1.54) is 25.3 Å². The number of anilines is 1. The van der Waals surface area contributed by atoms with Gasteiger partial charge in [-0.25, -0.2) is 9.97 Å². The van der Waals surface area contributed by atoms with Crippen molar-refractivity contribution in [3.63, 3.8) is 0 Å². The van der Waals surface area contributed by atoms with Crippen LogP contribution in [0.25, 0.3) is 10.9 Å². The van der Waals surface area contributed by atoms with Crippen LogP contribution in [0.1, 0.15) is 55.2 Å². The maximum atomic E-state index is 13.5. The van der Waals surface area contributed by atoms with E-state index < -0.39 is 53.5 Å². The molecule has 0 radical (unpaired) electrons. The molecule has 0 unspecified atom stereocenters. The molecule has 0 saturated heterocycles. The van der Waals surface area contributed by atoms with E-state index in [4.69, 9.17) is 0 Å². The monoisotopic (exact) mass is 514 g/mol. The number of alkyl halides is 6. The number of pyridine rings is 1. The van der Waals surface area contributed by atoms with Gasteiger partial charge in [0, 0.05) is 31.1 Å². The van der Waals surface area contributed by atoms with Gasteiger partial charge in [-0.05, 0) is 44.9 Å². The predicted molar refractivity (Wildman–Crippen MR) is 121 cm³/mol. The topological polar surface area (TPSA) is 80.0 Å². The molecule has 3 aromatic rings. The Morgan fingerprint density at radius 3 is 2.25 bits per heavy atom. The molecule has 6 nitrogen and oxygen atoms in total. The minimum Gasteiger partial charge on any atom is -0.380 e. The molecule has 0 bridgehead atoms. The molecule has 1 aliphatic carbocycles. The average Bonchev–Trinajstić information content (AvgIpc) is 2.69. The van der Waals surface area contributed by atoms with E-state index in [9.17, 15) is 36.2 Å². The highest BCUT2D eigenvalue weighted by molar-refractivity contribution is 5.88. The van der Waals surface area contributed by atoms with Crippen LogP contribution in [0.3, 0.4) is 0 Å². The first-order valence-electron chi connectivity index (χ1n) is 11.1. The van der Waals surface area contributed by atoms with Crippen molar-refractivity contribution in [3.8, 4) is 0 Å².